The number of esters is 1. The second-order valence-corrected chi connectivity index (χ2v) is 4.26. The normalized spacial score (nSPS) is 12.1. The Labute approximate surface area is 103 Å². The van der Waals surface area contributed by atoms with E-state index in [0.29, 0.717) is 25.9 Å². The van der Waals surface area contributed by atoms with Crippen LogP contribution in [0.2, 0.25) is 0 Å². The van der Waals surface area contributed by atoms with Gasteiger partial charge >= 0.3 is 11.9 Å². The first kappa shape index (κ1) is 15.9. The standard InChI is InChI=1S/C13H24O4/c1-3-10-17-12(14)9-7-5-6-8-11(4-2)13(15)16/h11H,3-10H2,1-2H3,(H,15,16). The van der Waals surface area contributed by atoms with Crippen LogP contribution in [0.1, 0.15) is 58.8 Å². The molecule has 1 N–H and O–H groups in total. The summed E-state index contributed by atoms with van der Waals surface area (Å²) in [4.78, 5) is 21.9. The summed E-state index contributed by atoms with van der Waals surface area (Å²) in [6.07, 6.45) is 5.23. The lowest BCUT2D eigenvalue weighted by Crippen LogP contribution is -2.12. The number of rotatable bonds is 10. The summed E-state index contributed by atoms with van der Waals surface area (Å²) in [7, 11) is 0. The molecule has 4 heteroatoms. The van der Waals surface area contributed by atoms with Crippen molar-refractivity contribution in [2.75, 3.05) is 6.61 Å². The van der Waals surface area contributed by atoms with E-state index < -0.39 is 5.97 Å². The van der Waals surface area contributed by atoms with E-state index in [4.69, 9.17) is 9.84 Å². The summed E-state index contributed by atoms with van der Waals surface area (Å²) in [6, 6.07) is 0. The van der Waals surface area contributed by atoms with E-state index in [1.54, 1.807) is 0 Å². The van der Waals surface area contributed by atoms with Gasteiger partial charge in [-0.1, -0.05) is 26.7 Å². The van der Waals surface area contributed by atoms with Crippen LogP contribution in [0.25, 0.3) is 0 Å². The Hall–Kier alpha value is -1.06. The van der Waals surface area contributed by atoms with Gasteiger partial charge in [-0.05, 0) is 25.7 Å². The summed E-state index contributed by atoms with van der Waals surface area (Å²) >= 11 is 0. The predicted molar refractivity (Wildman–Crippen MR) is 65.8 cm³/mol. The second kappa shape index (κ2) is 10.1. The topological polar surface area (TPSA) is 63.6 Å². The van der Waals surface area contributed by atoms with Crippen molar-refractivity contribution in [3.05, 3.63) is 0 Å². The molecule has 0 aromatic carbocycles. The molecule has 0 radical (unpaired) electrons. The molecule has 100 valence electrons. The Bertz CT molecular complexity index is 225. The average Bonchev–Trinajstić information content (AvgIpc) is 2.30. The van der Waals surface area contributed by atoms with Gasteiger partial charge < -0.3 is 9.84 Å². The third kappa shape index (κ3) is 8.72. The molecule has 0 bridgehead atoms. The summed E-state index contributed by atoms with van der Waals surface area (Å²) in [5, 5.41) is 8.84. The quantitative estimate of drug-likeness (QED) is 0.474. The second-order valence-electron chi connectivity index (χ2n) is 4.26. The van der Waals surface area contributed by atoms with Crippen LogP contribution in [0.3, 0.4) is 0 Å². The van der Waals surface area contributed by atoms with Gasteiger partial charge in [-0.2, -0.15) is 0 Å². The molecule has 0 heterocycles. The number of aliphatic carboxylic acids is 1. The lowest BCUT2D eigenvalue weighted by atomic mass is 9.98. The zero-order chi connectivity index (χ0) is 13.1. The first-order valence-electron chi connectivity index (χ1n) is 6.50. The van der Waals surface area contributed by atoms with Crippen molar-refractivity contribution in [2.45, 2.75) is 58.8 Å². The molecule has 0 spiro atoms. The number of hydrogen-bond acceptors (Lipinski definition) is 3. The largest absolute Gasteiger partial charge is 0.481 e. The maximum Gasteiger partial charge on any atom is 0.306 e. The summed E-state index contributed by atoms with van der Waals surface area (Å²) < 4.78 is 4.95. The SMILES string of the molecule is CCCOC(=O)CCCCCC(CC)C(=O)O. The Balaban J connectivity index is 3.45. The van der Waals surface area contributed by atoms with Crippen LogP contribution in [-0.2, 0) is 14.3 Å². The third-order valence-corrected chi connectivity index (χ3v) is 2.74. The van der Waals surface area contributed by atoms with E-state index >= 15 is 0 Å². The van der Waals surface area contributed by atoms with E-state index in [1.807, 2.05) is 13.8 Å². The molecular formula is C13H24O4. The molecule has 0 rings (SSSR count). The van der Waals surface area contributed by atoms with Crippen LogP contribution in [0, 0.1) is 5.92 Å². The van der Waals surface area contributed by atoms with Crippen molar-refractivity contribution in [1.82, 2.24) is 0 Å². The summed E-state index contributed by atoms with van der Waals surface area (Å²) in [6.45, 7) is 4.35. The van der Waals surface area contributed by atoms with Crippen LogP contribution < -0.4 is 0 Å². The van der Waals surface area contributed by atoms with Gasteiger partial charge in [0.15, 0.2) is 0 Å². The predicted octanol–water partition coefficient (Wildman–Crippen LogP) is 3.00. The molecule has 0 aromatic heterocycles. The summed E-state index contributed by atoms with van der Waals surface area (Å²) in [5.74, 6) is -1.09. The maximum atomic E-state index is 11.1. The number of carboxylic acids is 1. The number of carbonyl (C=O) groups excluding carboxylic acids is 1. The Morgan fingerprint density at radius 2 is 1.88 bits per heavy atom. The number of carboxylic acid groups (broad SMARTS) is 1. The Kier molecular flexibility index (Phi) is 9.49. The Morgan fingerprint density at radius 3 is 2.41 bits per heavy atom. The van der Waals surface area contributed by atoms with Crippen molar-refractivity contribution < 1.29 is 19.4 Å². The van der Waals surface area contributed by atoms with Crippen LogP contribution >= 0.6 is 0 Å². The zero-order valence-electron chi connectivity index (χ0n) is 10.9. The molecule has 0 saturated carbocycles. The van der Waals surface area contributed by atoms with Crippen LogP contribution in [-0.4, -0.2) is 23.7 Å². The first-order valence-corrected chi connectivity index (χ1v) is 6.50. The van der Waals surface area contributed by atoms with Gasteiger partial charge in [0, 0.05) is 6.42 Å². The van der Waals surface area contributed by atoms with Crippen LogP contribution in [0.4, 0.5) is 0 Å². The fraction of sp³-hybridized carbons (Fsp3) is 0.846. The van der Waals surface area contributed by atoms with Crippen molar-refractivity contribution >= 4 is 11.9 Å². The van der Waals surface area contributed by atoms with Gasteiger partial charge in [0.05, 0.1) is 12.5 Å². The molecule has 0 amide bonds. The minimum absolute atomic E-state index is 0.142. The van der Waals surface area contributed by atoms with Gasteiger partial charge in [0.2, 0.25) is 0 Å². The number of ether oxygens (including phenoxy) is 1. The van der Waals surface area contributed by atoms with E-state index in [1.165, 1.54) is 0 Å². The molecule has 0 fully saturated rings. The van der Waals surface area contributed by atoms with Crippen molar-refractivity contribution in [2.24, 2.45) is 5.92 Å². The summed E-state index contributed by atoms with van der Waals surface area (Å²) in [5.41, 5.74) is 0. The molecule has 1 unspecified atom stereocenters. The number of carbonyl (C=O) groups is 2. The molecule has 0 saturated heterocycles. The van der Waals surface area contributed by atoms with Gasteiger partial charge in [-0.15, -0.1) is 0 Å². The molecule has 0 aromatic rings. The highest BCUT2D eigenvalue weighted by molar-refractivity contribution is 5.70. The first-order chi connectivity index (χ1) is 8.11. The van der Waals surface area contributed by atoms with Crippen molar-refractivity contribution in [3.63, 3.8) is 0 Å². The highest BCUT2D eigenvalue weighted by atomic mass is 16.5. The highest BCUT2D eigenvalue weighted by Crippen LogP contribution is 2.14. The maximum absolute atomic E-state index is 11.1. The lowest BCUT2D eigenvalue weighted by Gasteiger charge is -2.08. The average molecular weight is 244 g/mol. The fourth-order valence-corrected chi connectivity index (χ4v) is 1.63. The Morgan fingerprint density at radius 1 is 1.18 bits per heavy atom. The lowest BCUT2D eigenvalue weighted by molar-refractivity contribution is -0.144. The number of unbranched alkanes of at least 4 members (excludes halogenated alkanes) is 2. The molecule has 0 aliphatic carbocycles. The van der Waals surface area contributed by atoms with Crippen molar-refractivity contribution in [3.8, 4) is 0 Å². The number of hydrogen-bond donors (Lipinski definition) is 1. The smallest absolute Gasteiger partial charge is 0.306 e. The molecular weight excluding hydrogens is 220 g/mol. The molecule has 0 aliphatic heterocycles. The van der Waals surface area contributed by atoms with E-state index in [2.05, 4.69) is 0 Å². The zero-order valence-corrected chi connectivity index (χ0v) is 10.9. The molecule has 4 nitrogen and oxygen atoms in total. The van der Waals surface area contributed by atoms with E-state index in [0.717, 1.165) is 25.7 Å². The van der Waals surface area contributed by atoms with Gasteiger partial charge in [0.25, 0.3) is 0 Å². The van der Waals surface area contributed by atoms with Gasteiger partial charge in [-0.3, -0.25) is 9.59 Å². The molecule has 0 aliphatic rings. The molecule has 17 heavy (non-hydrogen) atoms. The minimum Gasteiger partial charge on any atom is -0.481 e. The third-order valence-electron chi connectivity index (χ3n) is 2.74. The molecule has 1 atom stereocenters. The fourth-order valence-electron chi connectivity index (χ4n) is 1.63. The minimum atomic E-state index is -0.713. The van der Waals surface area contributed by atoms with Gasteiger partial charge in [-0.25, -0.2) is 0 Å². The monoisotopic (exact) mass is 244 g/mol. The van der Waals surface area contributed by atoms with Gasteiger partial charge in [0.1, 0.15) is 0 Å². The van der Waals surface area contributed by atoms with Crippen LogP contribution in [0.5, 0.6) is 0 Å². The van der Waals surface area contributed by atoms with Crippen molar-refractivity contribution in [1.29, 1.82) is 0 Å². The highest BCUT2D eigenvalue weighted by Gasteiger charge is 2.13. The van der Waals surface area contributed by atoms with E-state index in [9.17, 15) is 9.59 Å². The van der Waals surface area contributed by atoms with Crippen LogP contribution in [0.15, 0.2) is 0 Å². The van der Waals surface area contributed by atoms with E-state index in [-0.39, 0.29) is 11.9 Å².